The Balaban J connectivity index is 1.43. The second kappa shape index (κ2) is 11.5. The Labute approximate surface area is 200 Å². The van der Waals surface area contributed by atoms with E-state index in [1.807, 2.05) is 20.8 Å². The van der Waals surface area contributed by atoms with Crippen LogP contribution in [0.25, 0.3) is 11.3 Å². The Morgan fingerprint density at radius 1 is 0.970 bits per heavy atom. The number of aryl methyl sites for hydroxylation is 2. The molecule has 2 aromatic carbocycles. The van der Waals surface area contributed by atoms with Gasteiger partial charge in [0, 0.05) is 37.0 Å². The number of sulfonamides is 1. The molecule has 0 unspecified atom stereocenters. The largest absolute Gasteiger partial charge is 0.356 e. The zero-order chi connectivity index (χ0) is 23.8. The zero-order valence-corrected chi connectivity index (χ0v) is 21.0. The van der Waals surface area contributed by atoms with Crippen LogP contribution in [0, 0.1) is 6.92 Å². The molecular weight excluding hydrogens is 454 g/mol. The molecule has 0 saturated heterocycles. The summed E-state index contributed by atoms with van der Waals surface area (Å²) in [4.78, 5) is 17.0. The van der Waals surface area contributed by atoms with Gasteiger partial charge in [-0.3, -0.25) is 4.79 Å². The van der Waals surface area contributed by atoms with Crippen LogP contribution in [0.2, 0.25) is 0 Å². The monoisotopic (exact) mass is 485 g/mol. The first-order valence-corrected chi connectivity index (χ1v) is 13.5. The Hall–Kier alpha value is -2.55. The second-order valence-corrected chi connectivity index (χ2v) is 10.8. The van der Waals surface area contributed by atoms with E-state index in [1.165, 1.54) is 4.31 Å². The molecule has 33 heavy (non-hydrogen) atoms. The molecule has 0 bridgehead atoms. The third-order valence-electron chi connectivity index (χ3n) is 5.51. The van der Waals surface area contributed by atoms with Crippen LogP contribution >= 0.6 is 11.3 Å². The number of thiazole rings is 1. The van der Waals surface area contributed by atoms with E-state index in [0.29, 0.717) is 32.5 Å². The van der Waals surface area contributed by atoms with Crippen LogP contribution in [0.15, 0.2) is 58.8 Å². The summed E-state index contributed by atoms with van der Waals surface area (Å²) in [6, 6.07) is 15.1. The van der Waals surface area contributed by atoms with Crippen molar-refractivity contribution >= 4 is 27.3 Å². The summed E-state index contributed by atoms with van der Waals surface area (Å²) in [6.07, 6.45) is 1.70. The molecule has 8 heteroatoms. The average molecular weight is 486 g/mol. The molecule has 0 radical (unpaired) electrons. The lowest BCUT2D eigenvalue weighted by molar-refractivity contribution is -0.121. The van der Waals surface area contributed by atoms with Crippen molar-refractivity contribution < 1.29 is 13.2 Å². The minimum Gasteiger partial charge on any atom is -0.356 e. The van der Waals surface area contributed by atoms with Crippen LogP contribution in [-0.4, -0.2) is 43.2 Å². The van der Waals surface area contributed by atoms with Gasteiger partial charge in [-0.1, -0.05) is 50.2 Å². The van der Waals surface area contributed by atoms with Crippen molar-refractivity contribution in [2.75, 3.05) is 19.6 Å². The molecule has 0 fully saturated rings. The normalized spacial score (nSPS) is 11.6. The van der Waals surface area contributed by atoms with Gasteiger partial charge in [0.15, 0.2) is 0 Å². The number of amides is 1. The van der Waals surface area contributed by atoms with Gasteiger partial charge in [0.25, 0.3) is 0 Å². The van der Waals surface area contributed by atoms with E-state index in [4.69, 9.17) is 0 Å². The topological polar surface area (TPSA) is 79.4 Å². The molecule has 1 aromatic heterocycles. The van der Waals surface area contributed by atoms with E-state index in [9.17, 15) is 13.2 Å². The molecule has 1 N–H and O–H groups in total. The van der Waals surface area contributed by atoms with E-state index in [0.717, 1.165) is 33.8 Å². The maximum Gasteiger partial charge on any atom is 0.243 e. The molecule has 0 aliphatic rings. The van der Waals surface area contributed by atoms with Crippen molar-refractivity contribution in [1.82, 2.24) is 14.6 Å². The van der Waals surface area contributed by atoms with E-state index >= 15 is 0 Å². The van der Waals surface area contributed by atoms with Gasteiger partial charge in [-0.15, -0.1) is 11.3 Å². The maximum absolute atomic E-state index is 12.6. The van der Waals surface area contributed by atoms with E-state index < -0.39 is 10.0 Å². The summed E-state index contributed by atoms with van der Waals surface area (Å²) in [5.74, 6) is -0.00981. The van der Waals surface area contributed by atoms with Gasteiger partial charge in [-0.25, -0.2) is 13.4 Å². The standard InChI is InChI=1S/C25H31N3O3S2/c1-4-28(5-2)33(30,31)23-13-8-20(9-14-23)10-15-25(29)26-17-16-21-6-11-22(12-7-21)24-18-32-19(3)27-24/h6-9,11-14,18H,4-5,10,15-17H2,1-3H3,(H,26,29). The Morgan fingerprint density at radius 3 is 2.15 bits per heavy atom. The molecule has 0 aliphatic heterocycles. The average Bonchev–Trinajstić information content (AvgIpc) is 3.25. The number of benzene rings is 2. The number of nitrogens with one attached hydrogen (secondary N) is 1. The van der Waals surface area contributed by atoms with Crippen molar-refractivity contribution in [3.05, 3.63) is 70.0 Å². The SMILES string of the molecule is CCN(CC)S(=O)(=O)c1ccc(CCC(=O)NCCc2ccc(-c3csc(C)n3)cc2)cc1. The highest BCUT2D eigenvalue weighted by molar-refractivity contribution is 7.89. The first-order valence-electron chi connectivity index (χ1n) is 11.2. The molecule has 6 nitrogen and oxygen atoms in total. The van der Waals surface area contributed by atoms with Gasteiger partial charge in [0.05, 0.1) is 15.6 Å². The molecule has 3 aromatic rings. The molecule has 1 heterocycles. The van der Waals surface area contributed by atoms with E-state index in [2.05, 4.69) is 39.9 Å². The minimum atomic E-state index is -3.45. The third kappa shape index (κ3) is 6.72. The van der Waals surface area contributed by atoms with Gasteiger partial charge in [-0.2, -0.15) is 4.31 Å². The molecule has 3 rings (SSSR count). The highest BCUT2D eigenvalue weighted by Gasteiger charge is 2.21. The summed E-state index contributed by atoms with van der Waals surface area (Å²) in [6.45, 7) is 7.11. The van der Waals surface area contributed by atoms with Crippen LogP contribution in [0.1, 0.15) is 36.4 Å². The van der Waals surface area contributed by atoms with Gasteiger partial charge in [0.2, 0.25) is 15.9 Å². The van der Waals surface area contributed by atoms with Crippen molar-refractivity contribution in [2.45, 2.75) is 44.9 Å². The molecule has 0 spiro atoms. The summed E-state index contributed by atoms with van der Waals surface area (Å²) < 4.78 is 26.5. The van der Waals surface area contributed by atoms with Crippen LogP contribution in [0.5, 0.6) is 0 Å². The first-order chi connectivity index (χ1) is 15.8. The molecule has 176 valence electrons. The van der Waals surface area contributed by atoms with Gasteiger partial charge >= 0.3 is 0 Å². The molecule has 0 atom stereocenters. The number of hydrogen-bond acceptors (Lipinski definition) is 5. The number of hydrogen-bond donors (Lipinski definition) is 1. The highest BCUT2D eigenvalue weighted by Crippen LogP contribution is 2.22. The minimum absolute atomic E-state index is 0.00981. The summed E-state index contributed by atoms with van der Waals surface area (Å²) in [5.41, 5.74) is 4.20. The Morgan fingerprint density at radius 2 is 1.58 bits per heavy atom. The smallest absolute Gasteiger partial charge is 0.243 e. The predicted octanol–water partition coefficient (Wildman–Crippen LogP) is 4.44. The quantitative estimate of drug-likeness (QED) is 0.435. The first kappa shape index (κ1) is 25.1. The van der Waals surface area contributed by atoms with E-state index in [-0.39, 0.29) is 10.8 Å². The molecule has 0 saturated carbocycles. The van der Waals surface area contributed by atoms with Crippen molar-refractivity contribution in [2.24, 2.45) is 0 Å². The molecule has 0 aliphatic carbocycles. The fourth-order valence-corrected chi connectivity index (χ4v) is 5.65. The Bertz CT molecular complexity index is 1150. The van der Waals surface area contributed by atoms with Gasteiger partial charge in [-0.05, 0) is 43.0 Å². The summed E-state index contributed by atoms with van der Waals surface area (Å²) >= 11 is 1.64. The molecular formula is C25H31N3O3S2. The van der Waals surface area contributed by atoms with Crippen molar-refractivity contribution in [3.8, 4) is 11.3 Å². The predicted molar refractivity (Wildman–Crippen MR) is 134 cm³/mol. The van der Waals surface area contributed by atoms with Crippen LogP contribution in [-0.2, 0) is 27.7 Å². The van der Waals surface area contributed by atoms with Gasteiger partial charge < -0.3 is 5.32 Å². The molecule has 1 amide bonds. The van der Waals surface area contributed by atoms with E-state index in [1.54, 1.807) is 35.6 Å². The summed E-state index contributed by atoms with van der Waals surface area (Å²) in [5, 5.41) is 6.08. The Kier molecular flexibility index (Phi) is 8.77. The van der Waals surface area contributed by atoms with Crippen molar-refractivity contribution in [1.29, 1.82) is 0 Å². The highest BCUT2D eigenvalue weighted by atomic mass is 32.2. The fraction of sp³-hybridized carbons (Fsp3) is 0.360. The number of aromatic nitrogens is 1. The van der Waals surface area contributed by atoms with Crippen molar-refractivity contribution in [3.63, 3.8) is 0 Å². The maximum atomic E-state index is 12.6. The number of carbonyl (C=O) groups is 1. The number of carbonyl (C=O) groups excluding carboxylic acids is 1. The summed E-state index contributed by atoms with van der Waals surface area (Å²) in [7, 11) is -3.45. The third-order valence-corrected chi connectivity index (χ3v) is 8.35. The lowest BCUT2D eigenvalue weighted by atomic mass is 10.1. The lowest BCUT2D eigenvalue weighted by Crippen LogP contribution is -2.30. The van der Waals surface area contributed by atoms with Crippen LogP contribution in [0.4, 0.5) is 0 Å². The lowest BCUT2D eigenvalue weighted by Gasteiger charge is -2.18. The van der Waals surface area contributed by atoms with Crippen LogP contribution < -0.4 is 5.32 Å². The van der Waals surface area contributed by atoms with Crippen LogP contribution in [0.3, 0.4) is 0 Å². The second-order valence-electron chi connectivity index (χ2n) is 7.78. The zero-order valence-electron chi connectivity index (χ0n) is 19.4. The van der Waals surface area contributed by atoms with Gasteiger partial charge in [0.1, 0.15) is 0 Å². The number of nitrogens with zero attached hydrogens (tertiary/aromatic N) is 2. The fourth-order valence-electron chi connectivity index (χ4n) is 3.57. The number of rotatable bonds is 11.